The van der Waals surface area contributed by atoms with Gasteiger partial charge in [0.15, 0.2) is 17.3 Å². The number of pyridine rings is 1. The molecule has 0 saturated carbocycles. The van der Waals surface area contributed by atoms with Gasteiger partial charge in [-0.15, -0.1) is 12.1 Å². The third-order valence-corrected chi connectivity index (χ3v) is 22.9. The van der Waals surface area contributed by atoms with Gasteiger partial charge in [0, 0.05) is 97.2 Å². The standard InChI is InChI=1S/C26H28N2O3.C19H20O4.C19H22O3.C17H16O4.C17H18O.C10H10O.C7H7O.C2H4O2.3CH4.BrH.Mg.4O.Os/c29-25(30)14-10-20-4-1-2-5-22(20)18-19-7-12-24(13-8-19)31-17-15-23-11-9-21-6-3-16-27-26(21)28-23;1-3-23-18(20)13-10-14-6-4-5-7-17(14)19(21)15-8-11-16(22-2)12-9-15;1-3-22-19(20)13-10-16-6-4-5-7-17(16)14-15-8-11-18(21-2)12-9-15;1-21-14-9-6-13(7-10-14)17(20)15-5-3-2-4-12(15)8-11-16(18)19;1-18-15-11-9-14(10-12-15)17-8-4-6-13-5-2-3-7-16(13)17;11-10-7-3-5-8-4-1-2-6-9(8)10;1-8-7-5-3-2-4-6-7;1-2(3)4;;;;;;;;;;/h1-2,4-5,7-9,11-13H,3,6,10,14-18H2,(H,27,28)(H,29,30);4-9,11-12H,3,10,13H2,1-2H3;4-9,11-12H,3,10,13-14H2,1-2H3;2-7,9-10H,8,11H2,1H3,(H,18,19);2-3,5,7,9-12,17H,4,6,8H2,1H3;1-2,4,6H,3,5,7H2;3-6H,1H3;1H3,(H,3,4);3*1H4;1H;;;;;;/q;;;;;;-1;;;;;;+2;;;;;/p-1. The van der Waals surface area contributed by atoms with Crippen LogP contribution < -0.4 is 50.7 Å². The summed E-state index contributed by atoms with van der Waals surface area (Å²) >= 11 is -6.06. The number of ether oxygens (including phenoxy) is 8. The Balaban J connectivity index is 0.000000445. The van der Waals surface area contributed by atoms with Crippen molar-refractivity contribution in [2.45, 2.75) is 171 Å². The van der Waals surface area contributed by atoms with E-state index in [1.807, 2.05) is 134 Å². The number of nitrogens with zero attached hydrogens (tertiary/aromatic N) is 1. The summed E-state index contributed by atoms with van der Waals surface area (Å²) in [5, 5.41) is 28.5. The molecule has 3 aliphatic rings. The molecule has 1 aromatic heterocycles. The molecular formula is C120H137BrMgN2O23Os. The number of Topliss-reactive ketones (excluding diaryl/α,β-unsaturated/α-hetero) is 1. The molecule has 782 valence electrons. The molecule has 0 fully saturated rings. The van der Waals surface area contributed by atoms with Crippen molar-refractivity contribution in [3.8, 4) is 34.5 Å². The summed E-state index contributed by atoms with van der Waals surface area (Å²) in [5.74, 6) is 3.77. The van der Waals surface area contributed by atoms with Crippen molar-refractivity contribution in [3.63, 3.8) is 0 Å². The van der Waals surface area contributed by atoms with Crippen LogP contribution in [-0.4, -0.2) is 152 Å². The average Bonchev–Trinajstić information content (AvgIpc) is 0.803. The molecule has 1 unspecified atom stereocenters. The summed E-state index contributed by atoms with van der Waals surface area (Å²) < 4.78 is 75.9. The Kier molecular flexibility index (Phi) is 61.1. The second kappa shape index (κ2) is 70.6. The van der Waals surface area contributed by atoms with E-state index in [1.54, 1.807) is 115 Å². The van der Waals surface area contributed by atoms with E-state index in [1.165, 1.54) is 81.3 Å². The van der Waals surface area contributed by atoms with E-state index < -0.39 is 32.7 Å². The Morgan fingerprint density at radius 3 is 1.22 bits per heavy atom. The molecule has 1 atom stereocenters. The van der Waals surface area contributed by atoms with Crippen molar-refractivity contribution in [3.05, 3.63) is 415 Å². The molecule has 4 N–H and O–H groups in total. The number of halogens is 1. The molecule has 28 heteroatoms. The first-order chi connectivity index (χ1) is 69.1. The van der Waals surface area contributed by atoms with Gasteiger partial charge in [0.25, 0.3) is 5.97 Å². The van der Waals surface area contributed by atoms with E-state index in [2.05, 4.69) is 115 Å². The van der Waals surface area contributed by atoms with Crippen LogP contribution in [0.4, 0.5) is 5.82 Å². The fourth-order valence-electron chi connectivity index (χ4n) is 15.8. The summed E-state index contributed by atoms with van der Waals surface area (Å²) in [6.07, 6.45) is 14.2. The number of carbonyl (C=O) groups is 8. The SMILES string of the molecule is C.C.C.CC(=O)O.CCOC(=O)CCc1ccccc1C(=O)c1ccc(OC)cc1.CCOC(=O)CCc1ccccc1Cc1ccc(OC)cc1.COc1cc[c-]cc1.COc1ccc(C(=O)c2ccccc2CCC(=O)O)cc1.COc1ccc(C2CCCc3ccccc32)cc1.O=C(O)CCc1ccccc1Cc1ccc(OCCc2ccc3c(n2)NCCC3)cc1.O=C1CCCc2ccccc21.[Br-].[Mg+2].[O]=[Os](=[O])(=[O])=[O]. The topological polar surface area (TPSA) is 364 Å². The van der Waals surface area contributed by atoms with Gasteiger partial charge in [-0.05, 0) is 261 Å². The number of esters is 2. The number of anilines is 1. The predicted molar refractivity (Wildman–Crippen MR) is 567 cm³/mol. The minimum atomic E-state index is -6.06. The fraction of sp³-hybridized carbons (Fsp3) is 0.292. The summed E-state index contributed by atoms with van der Waals surface area (Å²) in [5.41, 5.74) is 20.0. The molecule has 2 heterocycles. The number of aliphatic carboxylic acids is 3. The maximum absolute atomic E-state index is 12.7. The van der Waals surface area contributed by atoms with Gasteiger partial charge in [0.2, 0.25) is 0 Å². The first kappa shape index (κ1) is 128. The number of hydrogen-bond acceptors (Lipinski definition) is 22. The van der Waals surface area contributed by atoms with E-state index in [0.29, 0.717) is 97.4 Å². The quantitative estimate of drug-likeness (QED) is 0.0132. The zero-order valence-electron chi connectivity index (χ0n) is 83.1. The molecule has 0 amide bonds. The molecule has 0 bridgehead atoms. The molecule has 0 spiro atoms. The number of carboxylic acids is 3. The number of fused-ring (bicyclic) bond motifs is 3. The number of carboxylic acid groups (broad SMARTS) is 3. The number of rotatable bonds is 32. The van der Waals surface area contributed by atoms with Gasteiger partial charge in [-0.1, -0.05) is 210 Å². The molecule has 0 saturated heterocycles. The van der Waals surface area contributed by atoms with Crippen LogP contribution in [-0.2, 0) is 127 Å². The molecule has 0 radical (unpaired) electrons. The zero-order chi connectivity index (χ0) is 103. The number of nitrogens with one attached hydrogen (secondary N) is 1. The molecule has 25 nitrogen and oxygen atoms in total. The summed E-state index contributed by atoms with van der Waals surface area (Å²) in [4.78, 5) is 94.8. The molecular weight excluding hydrogens is 2130 g/mol. The Bertz CT molecular complexity index is 6460. The Hall–Kier alpha value is -14.2. The van der Waals surface area contributed by atoms with Gasteiger partial charge in [0.05, 0.1) is 55.4 Å². The van der Waals surface area contributed by atoms with Crippen LogP contribution >= 0.6 is 0 Å². The molecule has 148 heavy (non-hydrogen) atoms. The van der Waals surface area contributed by atoms with Gasteiger partial charge in [0.1, 0.15) is 34.6 Å². The van der Waals surface area contributed by atoms with E-state index in [0.717, 1.165) is 115 Å². The number of ketones is 3. The van der Waals surface area contributed by atoms with Gasteiger partial charge >= 0.3 is 75.9 Å². The third kappa shape index (κ3) is 46.7. The van der Waals surface area contributed by atoms with Crippen molar-refractivity contribution in [2.24, 2.45) is 0 Å². The predicted octanol–water partition coefficient (Wildman–Crippen LogP) is 20.8. The van der Waals surface area contributed by atoms with Gasteiger partial charge < -0.3 is 75.5 Å². The zero-order valence-corrected chi connectivity index (χ0v) is 88.6. The van der Waals surface area contributed by atoms with Crippen LogP contribution in [0, 0.1) is 6.07 Å². The number of benzene rings is 12. The van der Waals surface area contributed by atoms with Crippen molar-refractivity contribution >= 4 is 76.1 Å². The molecule has 16 rings (SSSR count). The fourth-order valence-corrected chi connectivity index (χ4v) is 15.8. The second-order valence-corrected chi connectivity index (χ2v) is 35.4. The molecule has 1 aliphatic heterocycles. The number of aromatic nitrogens is 1. The van der Waals surface area contributed by atoms with E-state index in [9.17, 15) is 33.6 Å². The molecule has 13 aromatic rings. The van der Waals surface area contributed by atoms with Gasteiger partial charge in [-0.2, -0.15) is 18.2 Å². The van der Waals surface area contributed by atoms with E-state index >= 15 is 0 Å². The third-order valence-electron chi connectivity index (χ3n) is 22.9. The Labute approximate surface area is 899 Å². The number of carbonyl (C=O) groups excluding carboxylic acids is 5. The first-order valence-electron chi connectivity index (χ1n) is 47.2. The Morgan fingerprint density at radius 2 is 0.777 bits per heavy atom. The van der Waals surface area contributed by atoms with Crippen LogP contribution in [0.3, 0.4) is 0 Å². The van der Waals surface area contributed by atoms with Crippen molar-refractivity contribution < 1.29 is 138 Å². The van der Waals surface area contributed by atoms with Crippen LogP contribution in [0.1, 0.15) is 227 Å². The van der Waals surface area contributed by atoms with Crippen molar-refractivity contribution in [1.29, 1.82) is 0 Å². The summed E-state index contributed by atoms with van der Waals surface area (Å²) in [6.45, 7) is 7.08. The number of methoxy groups -OCH3 is 5. The second-order valence-electron chi connectivity index (χ2n) is 32.8. The van der Waals surface area contributed by atoms with Gasteiger partial charge in [-0.3, -0.25) is 38.4 Å². The van der Waals surface area contributed by atoms with Crippen molar-refractivity contribution in [1.82, 2.24) is 4.98 Å². The van der Waals surface area contributed by atoms with Crippen LogP contribution in [0.25, 0.3) is 0 Å². The Morgan fingerprint density at radius 1 is 0.405 bits per heavy atom. The van der Waals surface area contributed by atoms with Crippen LogP contribution in [0.2, 0.25) is 0 Å². The number of aryl methyl sites for hydroxylation is 7. The summed E-state index contributed by atoms with van der Waals surface area (Å²) in [7, 11) is 8.18. The maximum atomic E-state index is 12.7. The molecule has 2 aliphatic carbocycles. The summed E-state index contributed by atoms with van der Waals surface area (Å²) in [6, 6.07) is 101. The normalized spacial score (nSPS) is 11.6. The molecule has 12 aromatic carbocycles. The monoisotopic (exact) mass is 2270 g/mol. The van der Waals surface area contributed by atoms with Gasteiger partial charge in [-0.25, -0.2) is 4.98 Å². The van der Waals surface area contributed by atoms with Crippen molar-refractivity contribution in [2.75, 3.05) is 67.2 Å². The first-order valence-corrected chi connectivity index (χ1v) is 51.3. The van der Waals surface area contributed by atoms with Crippen LogP contribution in [0.15, 0.2) is 303 Å². The van der Waals surface area contributed by atoms with E-state index in [4.69, 9.17) is 77.1 Å². The number of hydrogen-bond donors (Lipinski definition) is 4. The average molecular weight is 2270 g/mol. The van der Waals surface area contributed by atoms with E-state index in [-0.39, 0.29) is 105 Å². The van der Waals surface area contributed by atoms with Crippen LogP contribution in [0.5, 0.6) is 34.5 Å². The minimum absolute atomic E-state index is 0.